The number of anilines is 2. The van der Waals surface area contributed by atoms with Crippen LogP contribution in [0.3, 0.4) is 0 Å². The largest absolute Gasteiger partial charge is 0.378 e. The number of halogens is 1. The average molecular weight is 401 g/mol. The van der Waals surface area contributed by atoms with Crippen LogP contribution in [0.25, 0.3) is 0 Å². The molecule has 0 aromatic heterocycles. The highest BCUT2D eigenvalue weighted by atomic mass is 35.5. The van der Waals surface area contributed by atoms with E-state index in [0.717, 1.165) is 5.69 Å². The van der Waals surface area contributed by atoms with Crippen molar-refractivity contribution in [3.8, 4) is 0 Å². The third-order valence-electron chi connectivity index (χ3n) is 4.78. The molecule has 2 amide bonds. The van der Waals surface area contributed by atoms with Gasteiger partial charge in [-0.2, -0.15) is 0 Å². The Bertz CT molecular complexity index is 848. The molecule has 7 heteroatoms. The van der Waals surface area contributed by atoms with E-state index in [0.29, 0.717) is 42.5 Å². The van der Waals surface area contributed by atoms with E-state index in [1.165, 1.54) is 0 Å². The first kappa shape index (κ1) is 20.2. The second-order valence-corrected chi connectivity index (χ2v) is 7.45. The maximum Gasteiger partial charge on any atom is 0.254 e. The van der Waals surface area contributed by atoms with E-state index in [9.17, 15) is 9.59 Å². The number of nitrogens with zero attached hydrogens (tertiary/aromatic N) is 3. The lowest BCUT2D eigenvalue weighted by atomic mass is 10.1. The third kappa shape index (κ3) is 5.03. The van der Waals surface area contributed by atoms with E-state index in [1.807, 2.05) is 65.2 Å². The molecule has 0 radical (unpaired) electrons. The predicted molar refractivity (Wildman–Crippen MR) is 113 cm³/mol. The number of amides is 2. The molecule has 1 fully saturated rings. The summed E-state index contributed by atoms with van der Waals surface area (Å²) in [6.45, 7) is 2.81. The molecular weight excluding hydrogens is 376 g/mol. The zero-order valence-electron chi connectivity index (χ0n) is 16.2. The Kier molecular flexibility index (Phi) is 6.54. The summed E-state index contributed by atoms with van der Waals surface area (Å²) in [4.78, 5) is 30.9. The number of piperazine rings is 1. The van der Waals surface area contributed by atoms with Gasteiger partial charge in [0.25, 0.3) is 5.91 Å². The lowest BCUT2D eigenvalue weighted by molar-refractivity contribution is -0.117. The fraction of sp³-hybridized carbons (Fsp3) is 0.333. The van der Waals surface area contributed by atoms with Gasteiger partial charge in [0.1, 0.15) is 0 Å². The van der Waals surface area contributed by atoms with Crippen molar-refractivity contribution in [1.82, 2.24) is 9.80 Å². The summed E-state index contributed by atoms with van der Waals surface area (Å²) in [6.07, 6.45) is 0. The summed E-state index contributed by atoms with van der Waals surface area (Å²) in [5.41, 5.74) is 2.31. The number of benzene rings is 2. The Morgan fingerprint density at radius 3 is 2.43 bits per heavy atom. The van der Waals surface area contributed by atoms with Crippen molar-refractivity contribution in [2.75, 3.05) is 57.0 Å². The molecule has 1 heterocycles. The van der Waals surface area contributed by atoms with Gasteiger partial charge >= 0.3 is 0 Å². The molecule has 0 aliphatic carbocycles. The van der Waals surface area contributed by atoms with Crippen LogP contribution < -0.4 is 10.2 Å². The van der Waals surface area contributed by atoms with E-state index in [4.69, 9.17) is 11.6 Å². The molecule has 0 atom stereocenters. The van der Waals surface area contributed by atoms with Crippen LogP contribution in [0.4, 0.5) is 11.4 Å². The fourth-order valence-corrected chi connectivity index (χ4v) is 3.35. The minimum absolute atomic E-state index is 0.0314. The van der Waals surface area contributed by atoms with Crippen LogP contribution in [0.1, 0.15) is 10.4 Å². The Hall–Kier alpha value is -2.57. The summed E-state index contributed by atoms with van der Waals surface area (Å²) >= 11 is 6.08. The van der Waals surface area contributed by atoms with E-state index in [2.05, 4.69) is 5.32 Å². The van der Waals surface area contributed by atoms with Crippen molar-refractivity contribution in [2.45, 2.75) is 0 Å². The molecule has 1 saturated heterocycles. The smallest absolute Gasteiger partial charge is 0.254 e. The second kappa shape index (κ2) is 9.08. The van der Waals surface area contributed by atoms with E-state index in [-0.39, 0.29) is 18.4 Å². The number of nitrogens with one attached hydrogen (secondary N) is 1. The zero-order valence-corrected chi connectivity index (χ0v) is 16.9. The third-order valence-corrected chi connectivity index (χ3v) is 5.11. The Balaban J connectivity index is 1.51. The van der Waals surface area contributed by atoms with Gasteiger partial charge in [0.05, 0.1) is 17.3 Å². The monoisotopic (exact) mass is 400 g/mol. The highest BCUT2D eigenvalue weighted by molar-refractivity contribution is 6.33. The normalized spacial score (nSPS) is 14.6. The molecule has 2 aromatic carbocycles. The zero-order chi connectivity index (χ0) is 20.1. The standard InChI is InChI=1S/C21H25ClN4O2/c1-24(2)17-7-5-6-16(14-17)21(28)26-12-10-25(11-13-26)15-20(27)23-19-9-4-3-8-18(19)22/h3-9,14H,10-13,15H2,1-2H3,(H,23,27). The summed E-state index contributed by atoms with van der Waals surface area (Å²) in [7, 11) is 3.91. The molecule has 2 aromatic rings. The quantitative estimate of drug-likeness (QED) is 0.838. The molecular formula is C21H25ClN4O2. The van der Waals surface area contributed by atoms with Gasteiger partial charge in [-0.25, -0.2) is 0 Å². The van der Waals surface area contributed by atoms with Crippen molar-refractivity contribution in [3.05, 3.63) is 59.1 Å². The first-order chi connectivity index (χ1) is 13.4. The SMILES string of the molecule is CN(C)c1cccc(C(=O)N2CCN(CC(=O)Nc3ccccc3Cl)CC2)c1. The van der Waals surface area contributed by atoms with Crippen molar-refractivity contribution in [2.24, 2.45) is 0 Å². The summed E-state index contributed by atoms with van der Waals surface area (Å²) in [5, 5.41) is 3.36. The fourth-order valence-electron chi connectivity index (χ4n) is 3.16. The number of hydrogen-bond donors (Lipinski definition) is 1. The molecule has 1 aliphatic rings. The van der Waals surface area contributed by atoms with E-state index >= 15 is 0 Å². The first-order valence-corrected chi connectivity index (χ1v) is 9.65. The molecule has 0 spiro atoms. The Labute approximate surface area is 170 Å². The van der Waals surface area contributed by atoms with Crippen LogP contribution >= 0.6 is 11.6 Å². The summed E-state index contributed by atoms with van der Waals surface area (Å²) in [5.74, 6) is -0.0737. The Morgan fingerprint density at radius 2 is 1.75 bits per heavy atom. The van der Waals surface area contributed by atoms with E-state index in [1.54, 1.807) is 12.1 Å². The van der Waals surface area contributed by atoms with Crippen molar-refractivity contribution >= 4 is 34.8 Å². The topological polar surface area (TPSA) is 55.9 Å². The predicted octanol–water partition coefficient (Wildman–Crippen LogP) is 2.80. The lowest BCUT2D eigenvalue weighted by Gasteiger charge is -2.34. The van der Waals surface area contributed by atoms with Gasteiger partial charge < -0.3 is 15.1 Å². The molecule has 1 N–H and O–H groups in total. The van der Waals surface area contributed by atoms with Crippen LogP contribution in [-0.2, 0) is 4.79 Å². The van der Waals surface area contributed by atoms with Gasteiger partial charge in [-0.3, -0.25) is 14.5 Å². The van der Waals surface area contributed by atoms with Gasteiger partial charge in [-0.15, -0.1) is 0 Å². The van der Waals surface area contributed by atoms with Crippen LogP contribution in [0.5, 0.6) is 0 Å². The van der Waals surface area contributed by atoms with Crippen LogP contribution in [0.15, 0.2) is 48.5 Å². The molecule has 3 rings (SSSR count). The van der Waals surface area contributed by atoms with Crippen LogP contribution in [0, 0.1) is 0 Å². The molecule has 0 unspecified atom stereocenters. The van der Waals surface area contributed by atoms with Gasteiger partial charge in [0.2, 0.25) is 5.91 Å². The van der Waals surface area contributed by atoms with Gasteiger partial charge in [-0.05, 0) is 30.3 Å². The lowest BCUT2D eigenvalue weighted by Crippen LogP contribution is -2.50. The molecule has 6 nitrogen and oxygen atoms in total. The number of hydrogen-bond acceptors (Lipinski definition) is 4. The maximum absolute atomic E-state index is 12.8. The number of rotatable bonds is 5. The molecule has 0 bridgehead atoms. The van der Waals surface area contributed by atoms with Crippen molar-refractivity contribution in [1.29, 1.82) is 0 Å². The van der Waals surface area contributed by atoms with Crippen molar-refractivity contribution < 1.29 is 9.59 Å². The average Bonchev–Trinajstić information content (AvgIpc) is 2.70. The second-order valence-electron chi connectivity index (χ2n) is 7.04. The summed E-state index contributed by atoms with van der Waals surface area (Å²) < 4.78 is 0. The first-order valence-electron chi connectivity index (χ1n) is 9.27. The van der Waals surface area contributed by atoms with Gasteiger partial charge in [0, 0.05) is 51.5 Å². The van der Waals surface area contributed by atoms with Crippen LogP contribution in [0.2, 0.25) is 5.02 Å². The Morgan fingerprint density at radius 1 is 1.04 bits per heavy atom. The molecule has 28 heavy (non-hydrogen) atoms. The number of carbonyl (C=O) groups is 2. The highest BCUT2D eigenvalue weighted by Gasteiger charge is 2.23. The maximum atomic E-state index is 12.8. The van der Waals surface area contributed by atoms with Crippen molar-refractivity contribution in [3.63, 3.8) is 0 Å². The minimum Gasteiger partial charge on any atom is -0.378 e. The van der Waals surface area contributed by atoms with Gasteiger partial charge in [0.15, 0.2) is 0 Å². The number of para-hydroxylation sites is 1. The van der Waals surface area contributed by atoms with E-state index < -0.39 is 0 Å². The molecule has 148 valence electrons. The minimum atomic E-state index is -0.105. The molecule has 0 saturated carbocycles. The highest BCUT2D eigenvalue weighted by Crippen LogP contribution is 2.20. The van der Waals surface area contributed by atoms with Gasteiger partial charge in [-0.1, -0.05) is 29.8 Å². The van der Waals surface area contributed by atoms with Crippen LogP contribution in [-0.4, -0.2) is 68.4 Å². The summed E-state index contributed by atoms with van der Waals surface area (Å²) in [6, 6.07) is 14.8. The number of carbonyl (C=O) groups excluding carboxylic acids is 2. The molecule has 1 aliphatic heterocycles.